The van der Waals surface area contributed by atoms with Crippen molar-refractivity contribution >= 4 is 21.4 Å². The van der Waals surface area contributed by atoms with Gasteiger partial charge in [-0.15, -0.1) is 11.3 Å². The minimum Gasteiger partial charge on any atom is -0.497 e. The summed E-state index contributed by atoms with van der Waals surface area (Å²) in [4.78, 5) is 4.51. The average molecular weight is 406 g/mol. The first-order valence-electron chi connectivity index (χ1n) is 8.59. The van der Waals surface area contributed by atoms with E-state index in [0.717, 1.165) is 18.4 Å². The van der Waals surface area contributed by atoms with E-state index in [0.29, 0.717) is 34.8 Å². The van der Waals surface area contributed by atoms with Crippen molar-refractivity contribution < 1.29 is 17.7 Å². The zero-order valence-electron chi connectivity index (χ0n) is 14.7. The molecule has 0 aliphatic carbocycles. The van der Waals surface area contributed by atoms with Gasteiger partial charge in [0.2, 0.25) is 11.7 Å². The van der Waals surface area contributed by atoms with Crippen LogP contribution in [-0.4, -0.2) is 43.1 Å². The predicted molar refractivity (Wildman–Crippen MR) is 101 cm³/mol. The van der Waals surface area contributed by atoms with Gasteiger partial charge in [0.1, 0.15) is 9.96 Å². The summed E-state index contributed by atoms with van der Waals surface area (Å²) in [7, 11) is -1.87. The van der Waals surface area contributed by atoms with Crippen LogP contribution in [0, 0.1) is 0 Å². The minimum absolute atomic E-state index is 0.111. The van der Waals surface area contributed by atoms with Gasteiger partial charge in [-0.05, 0) is 36.4 Å². The fraction of sp³-hybridized carbons (Fsp3) is 0.333. The second kappa shape index (κ2) is 7.41. The maximum absolute atomic E-state index is 12.8. The highest BCUT2D eigenvalue weighted by Crippen LogP contribution is 2.32. The highest BCUT2D eigenvalue weighted by Gasteiger charge is 2.33. The van der Waals surface area contributed by atoms with Gasteiger partial charge in [-0.2, -0.15) is 9.29 Å². The Hall–Kier alpha value is -2.23. The first-order valence-corrected chi connectivity index (χ1v) is 10.9. The van der Waals surface area contributed by atoms with E-state index in [1.165, 1.54) is 15.6 Å². The van der Waals surface area contributed by atoms with Crippen LogP contribution >= 0.6 is 11.3 Å². The van der Waals surface area contributed by atoms with Gasteiger partial charge < -0.3 is 9.26 Å². The Labute approximate surface area is 161 Å². The molecule has 0 saturated carbocycles. The Balaban J connectivity index is 1.55. The summed E-state index contributed by atoms with van der Waals surface area (Å²) >= 11 is 1.23. The third kappa shape index (κ3) is 3.62. The molecule has 9 heteroatoms. The van der Waals surface area contributed by atoms with E-state index >= 15 is 0 Å². The Morgan fingerprint density at radius 1 is 1.30 bits per heavy atom. The number of aromatic nitrogens is 2. The van der Waals surface area contributed by atoms with Crippen LogP contribution < -0.4 is 4.74 Å². The number of nitrogens with zero attached hydrogens (tertiary/aromatic N) is 3. The fourth-order valence-corrected chi connectivity index (χ4v) is 5.85. The lowest BCUT2D eigenvalue weighted by molar-refractivity contribution is 0.266. The van der Waals surface area contributed by atoms with Crippen molar-refractivity contribution in [3.8, 4) is 17.1 Å². The fourth-order valence-electron chi connectivity index (χ4n) is 3.18. The topological polar surface area (TPSA) is 85.5 Å². The summed E-state index contributed by atoms with van der Waals surface area (Å²) in [6.45, 7) is 0.855. The second-order valence-corrected chi connectivity index (χ2v) is 9.43. The monoisotopic (exact) mass is 405 g/mol. The van der Waals surface area contributed by atoms with Crippen LogP contribution in [0.5, 0.6) is 5.75 Å². The standard InChI is InChI=1S/C18H19N3O4S2/c1-24-15-7-2-5-13(11-15)17-19-18(25-20-17)14-6-3-9-21(12-14)27(22,23)16-8-4-10-26-16/h2,4-5,7-8,10-11,14H,3,6,9,12H2,1H3. The molecule has 27 heavy (non-hydrogen) atoms. The van der Waals surface area contributed by atoms with E-state index in [4.69, 9.17) is 9.26 Å². The molecule has 2 aromatic heterocycles. The van der Waals surface area contributed by atoms with E-state index in [2.05, 4.69) is 10.1 Å². The number of rotatable bonds is 5. The Morgan fingerprint density at radius 3 is 2.96 bits per heavy atom. The van der Waals surface area contributed by atoms with Crippen molar-refractivity contribution in [3.63, 3.8) is 0 Å². The lowest BCUT2D eigenvalue weighted by atomic mass is 10.00. The lowest BCUT2D eigenvalue weighted by Gasteiger charge is -2.29. The molecule has 0 N–H and O–H groups in total. The van der Waals surface area contributed by atoms with Crippen LogP contribution in [0.3, 0.4) is 0 Å². The summed E-state index contributed by atoms with van der Waals surface area (Å²) in [5.74, 6) is 1.55. The number of benzene rings is 1. The van der Waals surface area contributed by atoms with Crippen molar-refractivity contribution in [2.24, 2.45) is 0 Å². The largest absolute Gasteiger partial charge is 0.497 e. The molecule has 1 aliphatic heterocycles. The van der Waals surface area contributed by atoms with Crippen LogP contribution in [0.25, 0.3) is 11.4 Å². The van der Waals surface area contributed by atoms with Gasteiger partial charge in [0, 0.05) is 18.7 Å². The molecule has 4 rings (SSSR count). The summed E-state index contributed by atoms with van der Waals surface area (Å²) in [6.07, 6.45) is 1.57. The number of sulfonamides is 1. The summed E-state index contributed by atoms with van der Waals surface area (Å²) in [5, 5.41) is 5.84. The summed E-state index contributed by atoms with van der Waals surface area (Å²) in [6, 6.07) is 10.8. The number of methoxy groups -OCH3 is 1. The highest BCUT2D eigenvalue weighted by atomic mass is 32.2. The van der Waals surface area contributed by atoms with Gasteiger partial charge in [0.15, 0.2) is 0 Å². The molecule has 3 aromatic rings. The molecule has 0 radical (unpaired) electrons. The SMILES string of the molecule is COc1cccc(-c2noc(C3CCCN(S(=O)(=O)c4cccs4)C3)n2)c1. The molecular weight excluding hydrogens is 386 g/mol. The van der Waals surface area contributed by atoms with Crippen molar-refractivity contribution in [1.29, 1.82) is 0 Å². The molecule has 0 bridgehead atoms. The number of piperidine rings is 1. The van der Waals surface area contributed by atoms with Crippen LogP contribution in [0.1, 0.15) is 24.7 Å². The van der Waals surface area contributed by atoms with Gasteiger partial charge in [0.05, 0.1) is 13.0 Å². The number of thiophene rings is 1. The van der Waals surface area contributed by atoms with Crippen LogP contribution in [0.15, 0.2) is 50.5 Å². The quantitative estimate of drug-likeness (QED) is 0.647. The van der Waals surface area contributed by atoms with Crippen molar-refractivity contribution in [1.82, 2.24) is 14.4 Å². The maximum Gasteiger partial charge on any atom is 0.252 e. The molecule has 7 nitrogen and oxygen atoms in total. The molecule has 142 valence electrons. The maximum atomic E-state index is 12.8. The van der Waals surface area contributed by atoms with Crippen LogP contribution in [0.2, 0.25) is 0 Å². The van der Waals surface area contributed by atoms with Gasteiger partial charge in [-0.25, -0.2) is 8.42 Å². The van der Waals surface area contributed by atoms with E-state index in [9.17, 15) is 8.42 Å². The first kappa shape index (κ1) is 18.1. The smallest absolute Gasteiger partial charge is 0.252 e. The molecule has 1 saturated heterocycles. The molecule has 0 spiro atoms. The third-order valence-corrected chi connectivity index (χ3v) is 7.83. The molecule has 1 aromatic carbocycles. The molecule has 1 atom stereocenters. The van der Waals surface area contributed by atoms with E-state index in [1.54, 1.807) is 24.6 Å². The van der Waals surface area contributed by atoms with E-state index < -0.39 is 10.0 Å². The van der Waals surface area contributed by atoms with Crippen molar-refractivity contribution in [2.45, 2.75) is 23.0 Å². The normalized spacial score (nSPS) is 18.5. The van der Waals surface area contributed by atoms with Crippen molar-refractivity contribution in [3.05, 3.63) is 47.7 Å². The number of ether oxygens (including phenoxy) is 1. The molecule has 1 fully saturated rings. The molecule has 0 amide bonds. The number of hydrogen-bond donors (Lipinski definition) is 0. The zero-order valence-corrected chi connectivity index (χ0v) is 16.4. The molecule has 1 unspecified atom stereocenters. The van der Waals surface area contributed by atoms with E-state index in [-0.39, 0.29) is 5.92 Å². The summed E-state index contributed by atoms with van der Waals surface area (Å²) < 4.78 is 38.1. The highest BCUT2D eigenvalue weighted by molar-refractivity contribution is 7.91. The van der Waals surface area contributed by atoms with Gasteiger partial charge in [-0.3, -0.25) is 0 Å². The van der Waals surface area contributed by atoms with Gasteiger partial charge >= 0.3 is 0 Å². The molecule has 3 heterocycles. The van der Waals surface area contributed by atoms with E-state index in [1.807, 2.05) is 24.3 Å². The minimum atomic E-state index is -3.47. The first-order chi connectivity index (χ1) is 13.1. The van der Waals surface area contributed by atoms with Gasteiger partial charge in [-0.1, -0.05) is 23.4 Å². The Kier molecular flexibility index (Phi) is 4.98. The average Bonchev–Trinajstić information content (AvgIpc) is 3.40. The summed E-state index contributed by atoms with van der Waals surface area (Å²) in [5.41, 5.74) is 0.795. The lowest BCUT2D eigenvalue weighted by Crippen LogP contribution is -2.38. The molecule has 1 aliphatic rings. The second-order valence-electron chi connectivity index (χ2n) is 6.32. The Bertz CT molecular complexity index is 1010. The third-order valence-electron chi connectivity index (χ3n) is 4.59. The van der Waals surface area contributed by atoms with Crippen LogP contribution in [-0.2, 0) is 10.0 Å². The van der Waals surface area contributed by atoms with Crippen LogP contribution in [0.4, 0.5) is 0 Å². The number of hydrogen-bond acceptors (Lipinski definition) is 7. The Morgan fingerprint density at radius 2 is 2.19 bits per heavy atom. The predicted octanol–water partition coefficient (Wildman–Crippen LogP) is 3.38. The van der Waals surface area contributed by atoms with Crippen molar-refractivity contribution in [2.75, 3.05) is 20.2 Å². The molecular formula is C18H19N3O4S2. The zero-order chi connectivity index (χ0) is 18.9. The van der Waals surface area contributed by atoms with Gasteiger partial charge in [0.25, 0.3) is 10.0 Å².